The highest BCUT2D eigenvalue weighted by Crippen LogP contribution is 2.34. The van der Waals surface area contributed by atoms with Crippen LogP contribution in [0.5, 0.6) is 0 Å². The lowest BCUT2D eigenvalue weighted by Gasteiger charge is -2.08. The maximum absolute atomic E-state index is 6.22. The average molecular weight is 430 g/mol. The van der Waals surface area contributed by atoms with Crippen molar-refractivity contribution in [2.24, 2.45) is 0 Å². The third kappa shape index (κ3) is 2.06. The Morgan fingerprint density at radius 2 is 2.19 bits per heavy atom. The number of alkyl halides is 1. The van der Waals surface area contributed by atoms with Crippen LogP contribution in [0.2, 0.25) is 5.15 Å². The first kappa shape index (κ1) is 13.5. The van der Waals surface area contributed by atoms with Gasteiger partial charge in [-0.25, -0.2) is 14.6 Å². The molecule has 5 nitrogen and oxygen atoms in total. The van der Waals surface area contributed by atoms with Crippen molar-refractivity contribution in [3.63, 3.8) is 0 Å². The summed E-state index contributed by atoms with van der Waals surface area (Å²) in [7, 11) is 0. The van der Waals surface area contributed by atoms with Crippen molar-refractivity contribution in [3.05, 3.63) is 45.7 Å². The molecule has 1 aliphatic rings. The van der Waals surface area contributed by atoms with Crippen LogP contribution in [0.25, 0.3) is 17.1 Å². The molecule has 0 bridgehead atoms. The zero-order valence-corrected chi connectivity index (χ0v) is 14.5. The smallest absolute Gasteiger partial charge is 0.161 e. The third-order valence-electron chi connectivity index (χ3n) is 3.41. The summed E-state index contributed by atoms with van der Waals surface area (Å²) in [5.41, 5.74) is 2.90. The minimum absolute atomic E-state index is 0.493. The zero-order valence-electron chi connectivity index (χ0n) is 10.6. The van der Waals surface area contributed by atoms with Crippen LogP contribution in [0.15, 0.2) is 29.0 Å². The van der Waals surface area contributed by atoms with Crippen molar-refractivity contribution in [2.75, 3.05) is 0 Å². The maximum Gasteiger partial charge on any atom is 0.161 e. The Bertz CT molecular complexity index is 854. The fourth-order valence-corrected chi connectivity index (χ4v) is 3.29. The van der Waals surface area contributed by atoms with E-state index in [9.17, 15) is 0 Å². The number of aromatic nitrogens is 5. The number of halogens is 3. The number of rotatable bonds is 1. The Balaban J connectivity index is 2.08. The van der Waals surface area contributed by atoms with Gasteiger partial charge in [-0.2, -0.15) is 5.10 Å². The normalized spacial score (nSPS) is 12.5. The summed E-state index contributed by atoms with van der Waals surface area (Å²) < 4.78 is 4.86. The second-order valence-electron chi connectivity index (χ2n) is 4.66. The summed E-state index contributed by atoms with van der Waals surface area (Å²) in [5.74, 6) is 1.58. The largest absolute Gasteiger partial charge is 0.299 e. The van der Waals surface area contributed by atoms with E-state index in [4.69, 9.17) is 11.6 Å². The van der Waals surface area contributed by atoms with E-state index in [1.165, 1.54) is 0 Å². The van der Waals surface area contributed by atoms with Gasteiger partial charge in [0, 0.05) is 10.0 Å². The Hall–Kier alpha value is -1.18. The molecule has 2 aromatic heterocycles. The Labute approximate surface area is 142 Å². The highest BCUT2D eigenvalue weighted by atomic mass is 79.9. The van der Waals surface area contributed by atoms with E-state index < -0.39 is 0 Å². The second kappa shape index (κ2) is 4.93. The Kier molecular flexibility index (Phi) is 3.16. The van der Waals surface area contributed by atoms with Crippen LogP contribution in [0.4, 0.5) is 0 Å². The molecule has 0 unspecified atom stereocenters. The topological polar surface area (TPSA) is 48.5 Å². The van der Waals surface area contributed by atoms with Gasteiger partial charge in [-0.05, 0) is 18.2 Å². The molecule has 106 valence electrons. The first-order chi connectivity index (χ1) is 10.2. The minimum atomic E-state index is 0.493. The number of nitrogens with zero attached hydrogens (tertiary/aromatic N) is 5. The van der Waals surface area contributed by atoms with Gasteiger partial charge in [0.1, 0.15) is 6.33 Å². The molecular formula is C13H8Br2ClN5. The molecule has 0 saturated carbocycles. The van der Waals surface area contributed by atoms with Crippen LogP contribution in [0.3, 0.4) is 0 Å². The predicted molar refractivity (Wildman–Crippen MR) is 87.0 cm³/mol. The molecule has 3 aromatic rings. The van der Waals surface area contributed by atoms with E-state index in [0.29, 0.717) is 17.0 Å². The maximum atomic E-state index is 6.22. The standard InChI is InChI=1S/C13H8Br2ClN5/c14-4-11-18-13-8-3-7(15)1-2-9(8)20-6-17-12(16)10(20)5-21(13)19-11/h1-3,6H,4-5H2. The molecule has 0 spiro atoms. The molecule has 0 saturated heterocycles. The fraction of sp³-hybridized carbons (Fsp3) is 0.154. The molecule has 0 fully saturated rings. The lowest BCUT2D eigenvalue weighted by molar-refractivity contribution is 0.670. The first-order valence-corrected chi connectivity index (χ1v) is 8.48. The van der Waals surface area contributed by atoms with Gasteiger partial charge in [0.2, 0.25) is 0 Å². The molecule has 21 heavy (non-hydrogen) atoms. The van der Waals surface area contributed by atoms with Gasteiger partial charge in [-0.3, -0.25) is 4.57 Å². The van der Waals surface area contributed by atoms with Gasteiger partial charge < -0.3 is 0 Å². The SMILES string of the molecule is Clc1ncn2c1Cn1nc(CBr)nc1-c1cc(Br)ccc1-2. The molecule has 0 aliphatic carbocycles. The van der Waals surface area contributed by atoms with Crippen LogP contribution >= 0.6 is 43.5 Å². The van der Waals surface area contributed by atoms with E-state index >= 15 is 0 Å². The van der Waals surface area contributed by atoms with E-state index in [0.717, 1.165) is 33.1 Å². The summed E-state index contributed by atoms with van der Waals surface area (Å²) in [6, 6.07) is 6.06. The summed E-state index contributed by atoms with van der Waals surface area (Å²) in [6.45, 7) is 0.542. The Morgan fingerprint density at radius 1 is 1.33 bits per heavy atom. The molecule has 1 aliphatic heterocycles. The van der Waals surface area contributed by atoms with Crippen molar-refractivity contribution in [1.29, 1.82) is 0 Å². The first-order valence-electron chi connectivity index (χ1n) is 6.19. The zero-order chi connectivity index (χ0) is 14.6. The molecule has 1 aromatic carbocycles. The molecule has 4 rings (SSSR count). The summed E-state index contributed by atoms with van der Waals surface area (Å²) >= 11 is 13.1. The number of fused-ring (bicyclic) bond motifs is 5. The van der Waals surface area contributed by atoms with E-state index in [2.05, 4.69) is 46.9 Å². The van der Waals surface area contributed by atoms with Crippen molar-refractivity contribution >= 4 is 43.5 Å². The van der Waals surface area contributed by atoms with Gasteiger partial charge in [-0.1, -0.05) is 43.5 Å². The van der Waals surface area contributed by atoms with Gasteiger partial charge in [0.05, 0.1) is 23.3 Å². The number of hydrogen-bond donors (Lipinski definition) is 0. The van der Waals surface area contributed by atoms with Gasteiger partial charge >= 0.3 is 0 Å². The Morgan fingerprint density at radius 3 is 3.00 bits per heavy atom. The minimum Gasteiger partial charge on any atom is -0.299 e. The molecule has 8 heteroatoms. The van der Waals surface area contributed by atoms with Crippen LogP contribution < -0.4 is 0 Å². The van der Waals surface area contributed by atoms with E-state index in [1.807, 2.05) is 27.4 Å². The van der Waals surface area contributed by atoms with Gasteiger partial charge in [0.15, 0.2) is 16.8 Å². The molecule has 0 amide bonds. The second-order valence-corrected chi connectivity index (χ2v) is 6.49. The summed E-state index contributed by atoms with van der Waals surface area (Å²) in [6.07, 6.45) is 1.74. The average Bonchev–Trinajstić information content (AvgIpc) is 3.01. The number of benzene rings is 1. The molecule has 0 radical (unpaired) electrons. The van der Waals surface area contributed by atoms with Crippen LogP contribution in [0, 0.1) is 0 Å². The lowest BCUT2D eigenvalue weighted by Crippen LogP contribution is -2.05. The lowest BCUT2D eigenvalue weighted by atomic mass is 10.1. The predicted octanol–water partition coefficient (Wildman–Crippen LogP) is 3.80. The van der Waals surface area contributed by atoms with Gasteiger partial charge in [-0.15, -0.1) is 0 Å². The van der Waals surface area contributed by atoms with Crippen LogP contribution in [-0.4, -0.2) is 24.3 Å². The molecule has 3 heterocycles. The highest BCUT2D eigenvalue weighted by molar-refractivity contribution is 9.10. The van der Waals surface area contributed by atoms with E-state index in [1.54, 1.807) is 6.33 Å². The monoisotopic (exact) mass is 427 g/mol. The molecule has 0 atom stereocenters. The fourth-order valence-electron chi connectivity index (χ4n) is 2.50. The van der Waals surface area contributed by atoms with Crippen molar-refractivity contribution < 1.29 is 0 Å². The number of imidazole rings is 1. The third-order valence-corrected chi connectivity index (χ3v) is 4.72. The highest BCUT2D eigenvalue weighted by Gasteiger charge is 2.24. The van der Waals surface area contributed by atoms with E-state index in [-0.39, 0.29) is 0 Å². The summed E-state index contributed by atoms with van der Waals surface area (Å²) in [5, 5.41) is 5.63. The van der Waals surface area contributed by atoms with Crippen molar-refractivity contribution in [2.45, 2.75) is 11.9 Å². The van der Waals surface area contributed by atoms with Crippen LogP contribution in [0.1, 0.15) is 11.5 Å². The van der Waals surface area contributed by atoms with Crippen molar-refractivity contribution in [3.8, 4) is 17.1 Å². The van der Waals surface area contributed by atoms with Gasteiger partial charge in [0.25, 0.3) is 0 Å². The molecular weight excluding hydrogens is 421 g/mol. The molecule has 0 N–H and O–H groups in total. The van der Waals surface area contributed by atoms with Crippen molar-refractivity contribution in [1.82, 2.24) is 24.3 Å². The quantitative estimate of drug-likeness (QED) is 0.433. The number of hydrogen-bond acceptors (Lipinski definition) is 3. The van der Waals surface area contributed by atoms with Crippen LogP contribution in [-0.2, 0) is 11.9 Å². The summed E-state index contributed by atoms with van der Waals surface area (Å²) in [4.78, 5) is 8.82.